The van der Waals surface area contributed by atoms with Crippen LogP contribution < -0.4 is 9.64 Å². The number of rotatable bonds is 5. The van der Waals surface area contributed by atoms with Gasteiger partial charge in [-0.1, -0.05) is 18.2 Å². The Morgan fingerprint density at radius 3 is 2.41 bits per heavy atom. The molecule has 0 aliphatic rings. The number of carbonyl (C=O) groups is 1. The second-order valence-corrected chi connectivity index (χ2v) is 5.06. The summed E-state index contributed by atoms with van der Waals surface area (Å²) < 4.78 is 31.5. The Labute approximate surface area is 128 Å². The molecular formula is C17H17F2NO2. The van der Waals surface area contributed by atoms with Crippen molar-refractivity contribution in [3.63, 3.8) is 0 Å². The molecular weight excluding hydrogens is 288 g/mol. The van der Waals surface area contributed by atoms with Gasteiger partial charge in [0.15, 0.2) is 18.2 Å². The van der Waals surface area contributed by atoms with E-state index >= 15 is 0 Å². The zero-order valence-corrected chi connectivity index (χ0v) is 12.4. The van der Waals surface area contributed by atoms with Gasteiger partial charge in [-0.3, -0.25) is 4.79 Å². The number of amides is 1. The number of carbonyl (C=O) groups excluding carboxylic acids is 1. The zero-order valence-electron chi connectivity index (χ0n) is 12.4. The first kappa shape index (κ1) is 15.9. The third-order valence-electron chi connectivity index (χ3n) is 3.06. The van der Waals surface area contributed by atoms with Crippen LogP contribution in [-0.4, -0.2) is 18.6 Å². The summed E-state index contributed by atoms with van der Waals surface area (Å²) in [5.41, 5.74) is 0.741. The summed E-state index contributed by atoms with van der Waals surface area (Å²) in [5.74, 6) is -1.97. The molecule has 2 aromatic rings. The van der Waals surface area contributed by atoms with E-state index in [4.69, 9.17) is 4.74 Å². The molecule has 0 radical (unpaired) electrons. The van der Waals surface area contributed by atoms with Gasteiger partial charge in [-0.05, 0) is 38.1 Å². The molecule has 0 saturated heterocycles. The van der Waals surface area contributed by atoms with Crippen LogP contribution in [-0.2, 0) is 4.79 Å². The normalized spacial score (nSPS) is 10.6. The topological polar surface area (TPSA) is 29.5 Å². The Hall–Kier alpha value is -2.43. The van der Waals surface area contributed by atoms with Crippen molar-refractivity contribution >= 4 is 11.6 Å². The molecule has 0 aromatic heterocycles. The molecule has 116 valence electrons. The molecule has 0 aliphatic heterocycles. The molecule has 0 heterocycles. The highest BCUT2D eigenvalue weighted by molar-refractivity contribution is 5.94. The van der Waals surface area contributed by atoms with Crippen molar-refractivity contribution in [2.45, 2.75) is 19.9 Å². The molecule has 0 saturated carbocycles. The van der Waals surface area contributed by atoms with Gasteiger partial charge in [-0.15, -0.1) is 0 Å². The number of nitrogens with zero attached hydrogens (tertiary/aromatic N) is 1. The van der Waals surface area contributed by atoms with Crippen LogP contribution in [0, 0.1) is 11.6 Å². The van der Waals surface area contributed by atoms with Crippen LogP contribution in [0.25, 0.3) is 0 Å². The lowest BCUT2D eigenvalue weighted by Crippen LogP contribution is -2.40. The molecule has 0 spiro atoms. The molecule has 2 aromatic carbocycles. The first-order valence-corrected chi connectivity index (χ1v) is 6.94. The van der Waals surface area contributed by atoms with E-state index in [1.165, 1.54) is 6.07 Å². The third-order valence-corrected chi connectivity index (χ3v) is 3.06. The summed E-state index contributed by atoms with van der Waals surface area (Å²) in [5, 5.41) is 0. The van der Waals surface area contributed by atoms with Gasteiger partial charge in [-0.2, -0.15) is 0 Å². The minimum absolute atomic E-state index is 0.0726. The number of ether oxygens (including phenoxy) is 1. The van der Waals surface area contributed by atoms with Gasteiger partial charge in [0, 0.05) is 17.8 Å². The molecule has 0 bridgehead atoms. The third kappa shape index (κ3) is 3.81. The van der Waals surface area contributed by atoms with Gasteiger partial charge in [0.05, 0.1) is 0 Å². The number of halogens is 2. The van der Waals surface area contributed by atoms with Gasteiger partial charge in [0.1, 0.15) is 5.82 Å². The maximum Gasteiger partial charge on any atom is 0.265 e. The molecule has 5 heteroatoms. The SMILES string of the molecule is CC(C)N(C(=O)COc1ccc(F)cc1F)c1ccccc1. The van der Waals surface area contributed by atoms with Crippen LogP contribution >= 0.6 is 0 Å². The summed E-state index contributed by atoms with van der Waals surface area (Å²) in [6.07, 6.45) is 0. The van der Waals surface area contributed by atoms with Gasteiger partial charge in [0.25, 0.3) is 5.91 Å². The smallest absolute Gasteiger partial charge is 0.265 e. The lowest BCUT2D eigenvalue weighted by atomic mass is 10.2. The number of benzene rings is 2. The van der Waals surface area contributed by atoms with E-state index < -0.39 is 11.6 Å². The number of hydrogen-bond acceptors (Lipinski definition) is 2. The predicted molar refractivity (Wildman–Crippen MR) is 80.9 cm³/mol. The Balaban J connectivity index is 2.09. The minimum Gasteiger partial charge on any atom is -0.481 e. The van der Waals surface area contributed by atoms with Crippen LogP contribution in [0.5, 0.6) is 5.75 Å². The van der Waals surface area contributed by atoms with E-state index in [-0.39, 0.29) is 24.3 Å². The van der Waals surface area contributed by atoms with Crippen LogP contribution in [0.15, 0.2) is 48.5 Å². The van der Waals surface area contributed by atoms with Crippen LogP contribution in [0.2, 0.25) is 0 Å². The first-order valence-electron chi connectivity index (χ1n) is 6.94. The minimum atomic E-state index is -0.830. The second-order valence-electron chi connectivity index (χ2n) is 5.06. The van der Waals surface area contributed by atoms with E-state index in [2.05, 4.69) is 0 Å². The van der Waals surface area contributed by atoms with E-state index in [0.717, 1.165) is 17.8 Å². The van der Waals surface area contributed by atoms with E-state index in [1.807, 2.05) is 44.2 Å². The van der Waals surface area contributed by atoms with Crippen molar-refractivity contribution in [3.05, 3.63) is 60.2 Å². The van der Waals surface area contributed by atoms with Gasteiger partial charge in [0.2, 0.25) is 0 Å². The summed E-state index contributed by atoms with van der Waals surface area (Å²) in [6.45, 7) is 3.43. The standard InChI is InChI=1S/C17H17F2NO2/c1-12(2)20(14-6-4-3-5-7-14)17(21)11-22-16-9-8-13(18)10-15(16)19/h3-10,12H,11H2,1-2H3. The highest BCUT2D eigenvalue weighted by Gasteiger charge is 2.19. The Morgan fingerprint density at radius 2 is 1.82 bits per heavy atom. The highest BCUT2D eigenvalue weighted by atomic mass is 19.1. The highest BCUT2D eigenvalue weighted by Crippen LogP contribution is 2.20. The van der Waals surface area contributed by atoms with Crippen molar-refractivity contribution in [1.82, 2.24) is 0 Å². The predicted octanol–water partition coefficient (Wildman–Crippen LogP) is 3.79. The average molecular weight is 305 g/mol. The number of hydrogen-bond donors (Lipinski definition) is 0. The maximum atomic E-state index is 13.5. The average Bonchev–Trinajstić information content (AvgIpc) is 2.47. The summed E-state index contributed by atoms with van der Waals surface area (Å²) in [6, 6.07) is 12.1. The van der Waals surface area contributed by atoms with Gasteiger partial charge < -0.3 is 9.64 Å². The van der Waals surface area contributed by atoms with Crippen molar-refractivity contribution in [1.29, 1.82) is 0 Å². The lowest BCUT2D eigenvalue weighted by Gasteiger charge is -2.26. The Kier molecular flexibility index (Phi) is 5.09. The number of para-hydroxylation sites is 1. The van der Waals surface area contributed by atoms with Crippen molar-refractivity contribution in [3.8, 4) is 5.75 Å². The van der Waals surface area contributed by atoms with Crippen LogP contribution in [0.3, 0.4) is 0 Å². The zero-order chi connectivity index (χ0) is 16.1. The Bertz CT molecular complexity index is 644. The first-order chi connectivity index (χ1) is 10.5. The fourth-order valence-electron chi connectivity index (χ4n) is 2.12. The van der Waals surface area contributed by atoms with E-state index in [0.29, 0.717) is 0 Å². The van der Waals surface area contributed by atoms with E-state index in [9.17, 15) is 13.6 Å². The molecule has 1 amide bonds. The molecule has 0 fully saturated rings. The monoisotopic (exact) mass is 305 g/mol. The fraction of sp³-hybridized carbons (Fsp3) is 0.235. The molecule has 3 nitrogen and oxygen atoms in total. The van der Waals surface area contributed by atoms with Gasteiger partial charge >= 0.3 is 0 Å². The summed E-state index contributed by atoms with van der Waals surface area (Å²) in [4.78, 5) is 13.9. The molecule has 0 N–H and O–H groups in total. The summed E-state index contributed by atoms with van der Waals surface area (Å²) in [7, 11) is 0. The largest absolute Gasteiger partial charge is 0.481 e. The molecule has 0 atom stereocenters. The Morgan fingerprint density at radius 1 is 1.14 bits per heavy atom. The second kappa shape index (κ2) is 7.02. The molecule has 2 rings (SSSR count). The lowest BCUT2D eigenvalue weighted by molar-refractivity contribution is -0.120. The van der Waals surface area contributed by atoms with Crippen molar-refractivity contribution in [2.24, 2.45) is 0 Å². The van der Waals surface area contributed by atoms with Crippen LogP contribution in [0.1, 0.15) is 13.8 Å². The van der Waals surface area contributed by atoms with Gasteiger partial charge in [-0.25, -0.2) is 8.78 Å². The summed E-state index contributed by atoms with van der Waals surface area (Å²) >= 11 is 0. The molecule has 22 heavy (non-hydrogen) atoms. The van der Waals surface area contributed by atoms with E-state index in [1.54, 1.807) is 4.90 Å². The maximum absolute atomic E-state index is 13.5. The fourth-order valence-corrected chi connectivity index (χ4v) is 2.12. The van der Waals surface area contributed by atoms with Crippen molar-refractivity contribution in [2.75, 3.05) is 11.5 Å². The molecule has 0 unspecified atom stereocenters. The van der Waals surface area contributed by atoms with Crippen LogP contribution in [0.4, 0.5) is 14.5 Å². The molecule has 0 aliphatic carbocycles. The quantitative estimate of drug-likeness (QED) is 0.841. The number of anilines is 1. The van der Waals surface area contributed by atoms with Crippen molar-refractivity contribution < 1.29 is 18.3 Å².